The lowest BCUT2D eigenvalue weighted by Gasteiger charge is -2.32. The first kappa shape index (κ1) is 14.9. The molecule has 1 aliphatic rings. The van der Waals surface area contributed by atoms with Crippen LogP contribution in [0, 0.1) is 0 Å². The number of rotatable bonds is 5. The van der Waals surface area contributed by atoms with Crippen LogP contribution >= 0.6 is 11.3 Å². The normalized spacial score (nSPS) is 20.5. The van der Waals surface area contributed by atoms with Gasteiger partial charge < -0.3 is 5.32 Å². The highest BCUT2D eigenvalue weighted by Gasteiger charge is 2.27. The Morgan fingerprint density at radius 3 is 2.74 bits per heavy atom. The van der Waals surface area contributed by atoms with E-state index in [1.54, 1.807) is 22.6 Å². The van der Waals surface area contributed by atoms with Gasteiger partial charge in [0, 0.05) is 36.2 Å². The van der Waals surface area contributed by atoms with Crippen molar-refractivity contribution in [3.05, 3.63) is 16.6 Å². The zero-order valence-electron chi connectivity index (χ0n) is 11.4. The van der Waals surface area contributed by atoms with E-state index in [1.807, 2.05) is 11.7 Å². The van der Waals surface area contributed by atoms with E-state index in [9.17, 15) is 8.42 Å². The van der Waals surface area contributed by atoms with Crippen molar-refractivity contribution in [1.82, 2.24) is 14.6 Å². The van der Waals surface area contributed by atoms with E-state index in [-0.39, 0.29) is 11.8 Å². The topological polar surface area (TPSA) is 62.3 Å². The minimum Gasteiger partial charge on any atom is -0.307 e. The summed E-state index contributed by atoms with van der Waals surface area (Å²) in [6.07, 6.45) is 3.64. The van der Waals surface area contributed by atoms with Crippen LogP contribution < -0.4 is 5.32 Å². The van der Waals surface area contributed by atoms with Gasteiger partial charge >= 0.3 is 0 Å². The van der Waals surface area contributed by atoms with Gasteiger partial charge in [0.1, 0.15) is 0 Å². The predicted octanol–water partition coefficient (Wildman–Crippen LogP) is 1.61. The van der Waals surface area contributed by atoms with Crippen LogP contribution in [0.5, 0.6) is 0 Å². The minimum absolute atomic E-state index is 0.197. The van der Waals surface area contributed by atoms with Crippen LogP contribution in [0.1, 0.15) is 37.6 Å². The number of piperidine rings is 1. The molecule has 2 heterocycles. The van der Waals surface area contributed by atoms with Crippen LogP contribution in [0.25, 0.3) is 0 Å². The van der Waals surface area contributed by atoms with Gasteiger partial charge in [-0.25, -0.2) is 12.7 Å². The monoisotopic (exact) mass is 303 g/mol. The molecule has 2 rings (SSSR count). The molecule has 0 aliphatic carbocycles. The van der Waals surface area contributed by atoms with Gasteiger partial charge in [0.2, 0.25) is 10.0 Å². The number of aromatic nitrogens is 1. The Labute approximate surface area is 119 Å². The van der Waals surface area contributed by atoms with Gasteiger partial charge in [0.05, 0.1) is 11.3 Å². The average molecular weight is 303 g/mol. The van der Waals surface area contributed by atoms with Gasteiger partial charge in [0.15, 0.2) is 0 Å². The molecule has 1 N–H and O–H groups in total. The first-order valence-corrected chi connectivity index (χ1v) is 9.14. The fourth-order valence-corrected chi connectivity index (χ4v) is 4.13. The van der Waals surface area contributed by atoms with Gasteiger partial charge in [-0.15, -0.1) is 11.3 Å². The van der Waals surface area contributed by atoms with Crippen molar-refractivity contribution >= 4 is 21.4 Å². The van der Waals surface area contributed by atoms with E-state index >= 15 is 0 Å². The Balaban J connectivity index is 1.84. The predicted molar refractivity (Wildman–Crippen MR) is 77.7 cm³/mol. The maximum atomic E-state index is 11.8. The Kier molecular flexibility index (Phi) is 4.94. The molecule has 0 radical (unpaired) electrons. The van der Waals surface area contributed by atoms with Crippen LogP contribution in [0.3, 0.4) is 0 Å². The molecule has 1 unspecified atom stereocenters. The van der Waals surface area contributed by atoms with Crippen LogP contribution in [-0.4, -0.2) is 42.6 Å². The summed E-state index contributed by atoms with van der Waals surface area (Å²) in [6, 6.07) is 0.673. The van der Waals surface area contributed by atoms with Crippen molar-refractivity contribution in [1.29, 1.82) is 0 Å². The highest BCUT2D eigenvalue weighted by molar-refractivity contribution is 7.89. The van der Waals surface area contributed by atoms with Crippen LogP contribution in [0.4, 0.5) is 0 Å². The van der Waals surface area contributed by atoms with E-state index < -0.39 is 10.0 Å². The van der Waals surface area contributed by atoms with E-state index in [1.165, 1.54) is 4.88 Å². The van der Waals surface area contributed by atoms with Gasteiger partial charge in [-0.1, -0.05) is 0 Å². The summed E-state index contributed by atoms with van der Waals surface area (Å²) in [6.45, 7) is 5.08. The summed E-state index contributed by atoms with van der Waals surface area (Å²) >= 11 is 1.65. The second-order valence-corrected chi connectivity index (χ2v) is 8.04. The van der Waals surface area contributed by atoms with Crippen LogP contribution in [0.2, 0.25) is 0 Å². The molecule has 1 saturated heterocycles. The molecule has 7 heteroatoms. The molecule has 1 atom stereocenters. The molecule has 5 nitrogen and oxygen atoms in total. The summed E-state index contributed by atoms with van der Waals surface area (Å²) in [5.41, 5.74) is 1.84. The Hall–Kier alpha value is -0.500. The van der Waals surface area contributed by atoms with Crippen molar-refractivity contribution < 1.29 is 8.42 Å². The molecular weight excluding hydrogens is 282 g/mol. The fourth-order valence-electron chi connectivity index (χ4n) is 2.36. The number of hydrogen-bond acceptors (Lipinski definition) is 5. The summed E-state index contributed by atoms with van der Waals surface area (Å²) in [5, 5.41) is 3.56. The average Bonchev–Trinajstić information content (AvgIpc) is 2.93. The molecule has 1 aromatic heterocycles. The van der Waals surface area contributed by atoms with Gasteiger partial charge in [-0.05, 0) is 26.7 Å². The summed E-state index contributed by atoms with van der Waals surface area (Å²) in [7, 11) is -3.02. The fraction of sp³-hybridized carbons (Fsp3) is 0.750. The number of nitrogens with zero attached hydrogens (tertiary/aromatic N) is 2. The molecule has 0 aromatic carbocycles. The van der Waals surface area contributed by atoms with Crippen molar-refractivity contribution in [2.24, 2.45) is 0 Å². The molecule has 0 amide bonds. The SMILES string of the molecule is CCS(=O)(=O)N1CCC(NC(C)c2cncs2)CC1. The molecule has 19 heavy (non-hydrogen) atoms. The maximum absolute atomic E-state index is 11.8. The van der Waals surface area contributed by atoms with E-state index in [0.717, 1.165) is 12.8 Å². The highest BCUT2D eigenvalue weighted by Crippen LogP contribution is 2.21. The van der Waals surface area contributed by atoms with E-state index in [0.29, 0.717) is 19.1 Å². The minimum atomic E-state index is -3.02. The number of thiazole rings is 1. The number of sulfonamides is 1. The third kappa shape index (κ3) is 3.75. The maximum Gasteiger partial charge on any atom is 0.213 e. The zero-order chi connectivity index (χ0) is 13.9. The molecule has 0 bridgehead atoms. The van der Waals surface area contributed by atoms with E-state index in [2.05, 4.69) is 17.2 Å². The smallest absolute Gasteiger partial charge is 0.213 e. The third-order valence-corrected chi connectivity index (χ3v) is 6.42. The Morgan fingerprint density at radius 1 is 1.53 bits per heavy atom. The molecule has 0 spiro atoms. The lowest BCUT2D eigenvalue weighted by molar-refractivity contribution is 0.278. The van der Waals surface area contributed by atoms with E-state index in [4.69, 9.17) is 0 Å². The first-order valence-electron chi connectivity index (χ1n) is 6.65. The summed E-state index contributed by atoms with van der Waals surface area (Å²) in [4.78, 5) is 5.31. The molecule has 1 aliphatic heterocycles. The van der Waals surface area contributed by atoms with Crippen molar-refractivity contribution in [2.75, 3.05) is 18.8 Å². The Bertz CT molecular complexity index is 479. The third-order valence-electron chi connectivity index (χ3n) is 3.58. The van der Waals surface area contributed by atoms with Crippen molar-refractivity contribution in [3.63, 3.8) is 0 Å². The molecule has 1 aromatic rings. The lowest BCUT2D eigenvalue weighted by atomic mass is 10.1. The van der Waals surface area contributed by atoms with Crippen molar-refractivity contribution in [3.8, 4) is 0 Å². The summed E-state index contributed by atoms with van der Waals surface area (Å²) in [5.74, 6) is 0.197. The molecular formula is C12H21N3O2S2. The van der Waals surface area contributed by atoms with Gasteiger partial charge in [-0.3, -0.25) is 4.98 Å². The largest absolute Gasteiger partial charge is 0.307 e. The van der Waals surface area contributed by atoms with Crippen molar-refractivity contribution in [2.45, 2.75) is 38.8 Å². The number of nitrogens with one attached hydrogen (secondary N) is 1. The molecule has 1 fully saturated rings. The first-order chi connectivity index (χ1) is 9.03. The zero-order valence-corrected chi connectivity index (χ0v) is 13.0. The highest BCUT2D eigenvalue weighted by atomic mass is 32.2. The van der Waals surface area contributed by atoms with Gasteiger partial charge in [0.25, 0.3) is 0 Å². The van der Waals surface area contributed by atoms with Gasteiger partial charge in [-0.2, -0.15) is 0 Å². The standard InChI is InChI=1S/C12H21N3O2S2/c1-3-19(16,17)15-6-4-11(5-7-15)14-10(2)12-8-13-9-18-12/h8-11,14H,3-7H2,1-2H3. The number of hydrogen-bond donors (Lipinski definition) is 1. The second-order valence-electron chi connectivity index (χ2n) is 4.87. The molecule has 108 valence electrons. The quantitative estimate of drug-likeness (QED) is 0.897. The van der Waals surface area contributed by atoms with Crippen LogP contribution in [-0.2, 0) is 10.0 Å². The lowest BCUT2D eigenvalue weighted by Crippen LogP contribution is -2.45. The Morgan fingerprint density at radius 2 is 2.21 bits per heavy atom. The summed E-state index contributed by atoms with van der Waals surface area (Å²) < 4.78 is 25.2. The molecule has 0 saturated carbocycles. The van der Waals surface area contributed by atoms with Crippen LogP contribution in [0.15, 0.2) is 11.7 Å². The second kappa shape index (κ2) is 6.30.